The van der Waals surface area contributed by atoms with E-state index in [-0.39, 0.29) is 11.7 Å². The molecule has 0 spiro atoms. The number of phenols is 1. The van der Waals surface area contributed by atoms with Crippen molar-refractivity contribution in [2.24, 2.45) is 0 Å². The number of aromatic hydroxyl groups is 1. The second-order valence-electron chi connectivity index (χ2n) is 5.33. The number of ether oxygens (including phenoxy) is 1. The Labute approximate surface area is 124 Å². The highest BCUT2D eigenvalue weighted by Crippen LogP contribution is 2.14. The van der Waals surface area contributed by atoms with E-state index >= 15 is 0 Å². The van der Waals surface area contributed by atoms with Crippen LogP contribution in [0.3, 0.4) is 0 Å². The second-order valence-corrected chi connectivity index (χ2v) is 5.33. The molecule has 0 saturated carbocycles. The SMILES string of the molecule is C[C@@H](OC(=O)c1ccc(O)cc1)C(=O)N1CCCCCC1. The molecule has 1 aliphatic heterocycles. The van der Waals surface area contributed by atoms with Gasteiger partial charge in [0.05, 0.1) is 5.56 Å². The average Bonchev–Trinajstić information content (AvgIpc) is 2.76. The van der Waals surface area contributed by atoms with Gasteiger partial charge < -0.3 is 14.7 Å². The third-order valence-electron chi connectivity index (χ3n) is 3.65. The maximum Gasteiger partial charge on any atom is 0.338 e. The summed E-state index contributed by atoms with van der Waals surface area (Å²) in [5, 5.41) is 9.19. The molecular weight excluding hydrogens is 270 g/mol. The number of esters is 1. The largest absolute Gasteiger partial charge is 0.508 e. The fraction of sp³-hybridized carbons (Fsp3) is 0.500. The van der Waals surface area contributed by atoms with E-state index in [1.807, 2.05) is 0 Å². The molecule has 1 aromatic rings. The number of phenolic OH excluding ortho intramolecular Hbond substituents is 1. The van der Waals surface area contributed by atoms with Crippen molar-refractivity contribution < 1.29 is 19.4 Å². The summed E-state index contributed by atoms with van der Waals surface area (Å²) in [5.74, 6) is -0.602. The van der Waals surface area contributed by atoms with Gasteiger partial charge in [-0.1, -0.05) is 12.8 Å². The van der Waals surface area contributed by atoms with Crippen LogP contribution in [-0.2, 0) is 9.53 Å². The van der Waals surface area contributed by atoms with Gasteiger partial charge in [-0.3, -0.25) is 4.79 Å². The van der Waals surface area contributed by atoms with Crippen molar-refractivity contribution in [3.8, 4) is 5.75 Å². The molecule has 1 amide bonds. The lowest BCUT2D eigenvalue weighted by molar-refractivity contribution is -0.139. The molecule has 114 valence electrons. The number of likely N-dealkylation sites (tertiary alicyclic amines) is 1. The van der Waals surface area contributed by atoms with Crippen LogP contribution in [0, 0.1) is 0 Å². The Morgan fingerprint density at radius 3 is 2.24 bits per heavy atom. The van der Waals surface area contributed by atoms with E-state index in [1.54, 1.807) is 11.8 Å². The molecule has 1 fully saturated rings. The third-order valence-corrected chi connectivity index (χ3v) is 3.65. The van der Waals surface area contributed by atoms with Crippen LogP contribution in [0.5, 0.6) is 5.75 Å². The van der Waals surface area contributed by atoms with Crippen molar-refractivity contribution in [2.75, 3.05) is 13.1 Å². The summed E-state index contributed by atoms with van der Waals surface area (Å²) >= 11 is 0. The van der Waals surface area contributed by atoms with Crippen molar-refractivity contribution >= 4 is 11.9 Å². The van der Waals surface area contributed by atoms with Crippen molar-refractivity contribution in [3.05, 3.63) is 29.8 Å². The topological polar surface area (TPSA) is 66.8 Å². The summed E-state index contributed by atoms with van der Waals surface area (Å²) in [7, 11) is 0. The van der Waals surface area contributed by atoms with Gasteiger partial charge in [0.2, 0.25) is 0 Å². The van der Waals surface area contributed by atoms with E-state index in [0.717, 1.165) is 38.8 Å². The van der Waals surface area contributed by atoms with Crippen LogP contribution in [0.4, 0.5) is 0 Å². The van der Waals surface area contributed by atoms with Gasteiger partial charge in [-0.2, -0.15) is 0 Å². The maximum atomic E-state index is 12.3. The van der Waals surface area contributed by atoms with Gasteiger partial charge in [0, 0.05) is 13.1 Å². The summed E-state index contributed by atoms with van der Waals surface area (Å²) in [6.07, 6.45) is 3.51. The third kappa shape index (κ3) is 4.21. The molecule has 0 aliphatic carbocycles. The number of hydrogen-bond donors (Lipinski definition) is 1. The Bertz CT molecular complexity index is 490. The summed E-state index contributed by atoms with van der Waals surface area (Å²) in [6, 6.07) is 5.78. The zero-order chi connectivity index (χ0) is 15.2. The van der Waals surface area contributed by atoms with Crippen LogP contribution in [0.1, 0.15) is 43.0 Å². The summed E-state index contributed by atoms with van der Waals surface area (Å²) in [4.78, 5) is 26.0. The van der Waals surface area contributed by atoms with E-state index in [2.05, 4.69) is 0 Å². The van der Waals surface area contributed by atoms with Gasteiger partial charge in [0.25, 0.3) is 5.91 Å². The van der Waals surface area contributed by atoms with Crippen molar-refractivity contribution in [1.82, 2.24) is 4.90 Å². The van der Waals surface area contributed by atoms with Gasteiger partial charge in [0.1, 0.15) is 5.75 Å². The van der Waals surface area contributed by atoms with E-state index in [9.17, 15) is 14.7 Å². The highest BCUT2D eigenvalue weighted by atomic mass is 16.5. The Balaban J connectivity index is 1.93. The first-order chi connectivity index (χ1) is 10.1. The van der Waals surface area contributed by atoms with E-state index in [1.165, 1.54) is 24.3 Å². The van der Waals surface area contributed by atoms with Gasteiger partial charge in [-0.15, -0.1) is 0 Å². The van der Waals surface area contributed by atoms with Crippen molar-refractivity contribution in [1.29, 1.82) is 0 Å². The van der Waals surface area contributed by atoms with Crippen molar-refractivity contribution in [2.45, 2.75) is 38.7 Å². The van der Waals surface area contributed by atoms with E-state index in [0.29, 0.717) is 5.56 Å². The molecule has 21 heavy (non-hydrogen) atoms. The van der Waals surface area contributed by atoms with Crippen LogP contribution in [0.25, 0.3) is 0 Å². The van der Waals surface area contributed by atoms with Gasteiger partial charge in [-0.25, -0.2) is 4.79 Å². The number of amides is 1. The van der Waals surface area contributed by atoms with Gasteiger partial charge >= 0.3 is 5.97 Å². The number of rotatable bonds is 3. The van der Waals surface area contributed by atoms with E-state index in [4.69, 9.17) is 4.74 Å². The smallest absolute Gasteiger partial charge is 0.338 e. The fourth-order valence-corrected chi connectivity index (χ4v) is 2.42. The standard InChI is InChI=1S/C16H21NO4/c1-12(15(19)17-10-4-2-3-5-11-17)21-16(20)13-6-8-14(18)9-7-13/h6-9,12,18H,2-5,10-11H2,1H3/t12-/m1/s1. The highest BCUT2D eigenvalue weighted by molar-refractivity contribution is 5.92. The molecule has 0 aromatic heterocycles. The molecule has 1 aliphatic rings. The first kappa shape index (κ1) is 15.4. The monoisotopic (exact) mass is 291 g/mol. The highest BCUT2D eigenvalue weighted by Gasteiger charge is 2.24. The predicted molar refractivity (Wildman–Crippen MR) is 78.0 cm³/mol. The molecule has 1 aromatic carbocycles. The lowest BCUT2D eigenvalue weighted by Crippen LogP contribution is -2.40. The quantitative estimate of drug-likeness (QED) is 0.868. The van der Waals surface area contributed by atoms with Crippen LogP contribution in [0.2, 0.25) is 0 Å². The molecule has 0 unspecified atom stereocenters. The van der Waals surface area contributed by atoms with Crippen LogP contribution in [-0.4, -0.2) is 41.1 Å². The molecular formula is C16H21NO4. The lowest BCUT2D eigenvalue weighted by atomic mass is 10.2. The first-order valence-corrected chi connectivity index (χ1v) is 7.37. The molecule has 5 heteroatoms. The zero-order valence-electron chi connectivity index (χ0n) is 12.2. The average molecular weight is 291 g/mol. The second kappa shape index (κ2) is 7.11. The molecule has 5 nitrogen and oxygen atoms in total. The molecule has 0 bridgehead atoms. The van der Waals surface area contributed by atoms with Crippen LogP contribution >= 0.6 is 0 Å². The number of benzene rings is 1. The Kier molecular flexibility index (Phi) is 5.20. The van der Waals surface area contributed by atoms with Gasteiger partial charge in [0.15, 0.2) is 6.10 Å². The maximum absolute atomic E-state index is 12.3. The molecule has 0 radical (unpaired) electrons. The number of carbonyl (C=O) groups excluding carboxylic acids is 2. The Morgan fingerprint density at radius 2 is 1.67 bits per heavy atom. The minimum Gasteiger partial charge on any atom is -0.508 e. The Morgan fingerprint density at radius 1 is 1.10 bits per heavy atom. The summed E-state index contributed by atoms with van der Waals surface area (Å²) in [6.45, 7) is 3.07. The lowest BCUT2D eigenvalue weighted by Gasteiger charge is -2.24. The number of hydrogen-bond acceptors (Lipinski definition) is 4. The Hall–Kier alpha value is -2.04. The van der Waals surface area contributed by atoms with Gasteiger partial charge in [-0.05, 0) is 44.0 Å². The van der Waals surface area contributed by atoms with Crippen LogP contribution in [0.15, 0.2) is 24.3 Å². The minimum absolute atomic E-state index is 0.0836. The normalized spacial score (nSPS) is 16.9. The summed E-state index contributed by atoms with van der Waals surface area (Å²) < 4.78 is 5.22. The number of nitrogens with zero attached hydrogens (tertiary/aromatic N) is 1. The minimum atomic E-state index is -0.788. The zero-order valence-corrected chi connectivity index (χ0v) is 12.2. The molecule has 1 heterocycles. The summed E-state index contributed by atoms with van der Waals surface area (Å²) in [5.41, 5.74) is 0.323. The van der Waals surface area contributed by atoms with Crippen molar-refractivity contribution in [3.63, 3.8) is 0 Å². The van der Waals surface area contributed by atoms with Crippen LogP contribution < -0.4 is 0 Å². The van der Waals surface area contributed by atoms with E-state index < -0.39 is 12.1 Å². The first-order valence-electron chi connectivity index (χ1n) is 7.37. The number of carbonyl (C=O) groups is 2. The molecule has 2 rings (SSSR count). The fourth-order valence-electron chi connectivity index (χ4n) is 2.42. The molecule has 1 saturated heterocycles. The molecule has 1 N–H and O–H groups in total. The molecule has 1 atom stereocenters. The predicted octanol–water partition coefficient (Wildman–Crippen LogP) is 2.34.